The zero-order chi connectivity index (χ0) is 26.7. The number of benzene rings is 1. The minimum atomic E-state index is -4.45. The Morgan fingerprint density at radius 3 is 2.62 bits per heavy atom. The smallest absolute Gasteiger partial charge is 0.417 e. The van der Waals surface area contributed by atoms with Gasteiger partial charge in [-0.15, -0.1) is 0 Å². The van der Waals surface area contributed by atoms with Gasteiger partial charge in [0.2, 0.25) is 0 Å². The normalized spacial score (nSPS) is 15.8. The van der Waals surface area contributed by atoms with E-state index in [4.69, 9.17) is 16.3 Å². The second-order valence-electron chi connectivity index (χ2n) is 10.1. The number of aromatic nitrogens is 2. The predicted octanol–water partition coefficient (Wildman–Crippen LogP) is 7.64. The molecule has 9 heteroatoms. The van der Waals surface area contributed by atoms with E-state index in [0.717, 1.165) is 86.2 Å². The lowest BCUT2D eigenvalue weighted by Gasteiger charge is -2.33. The maximum Gasteiger partial charge on any atom is 0.417 e. The molecule has 1 saturated heterocycles. The minimum absolute atomic E-state index is 0.0452. The van der Waals surface area contributed by atoms with E-state index in [-0.39, 0.29) is 10.8 Å². The van der Waals surface area contributed by atoms with Crippen LogP contribution < -0.4 is 9.64 Å². The number of hydrogen-bond donors (Lipinski definition) is 0. The highest BCUT2D eigenvalue weighted by Crippen LogP contribution is 2.36. The number of fused-ring (bicyclic) bond motifs is 1. The molecule has 1 aliphatic rings. The standard InChI is InChI=1S/C28H33ClF3N3O2/c1-18(16-35-17-23(19(2)36)22-8-5-9-25(37-3)26(22)35)6-4-7-20-10-12-34(13-11-20)27-24(29)14-21(15-33-27)28(30,31)32/h5,8-9,14-15,17-18,20H,4,6-7,10-13,16H2,1-3H3. The van der Waals surface area contributed by atoms with Gasteiger partial charge in [0.25, 0.3) is 0 Å². The van der Waals surface area contributed by atoms with Crippen LogP contribution in [0.25, 0.3) is 10.9 Å². The minimum Gasteiger partial charge on any atom is -0.495 e. The van der Waals surface area contributed by atoms with Gasteiger partial charge < -0.3 is 14.2 Å². The first-order valence-corrected chi connectivity index (χ1v) is 13.1. The molecule has 0 saturated carbocycles. The summed E-state index contributed by atoms with van der Waals surface area (Å²) < 4.78 is 46.4. The van der Waals surface area contributed by atoms with Gasteiger partial charge in [0.1, 0.15) is 11.6 Å². The number of halogens is 4. The van der Waals surface area contributed by atoms with Gasteiger partial charge in [0.15, 0.2) is 5.78 Å². The van der Waals surface area contributed by atoms with E-state index < -0.39 is 11.7 Å². The van der Waals surface area contributed by atoms with Crippen LogP contribution in [-0.4, -0.2) is 35.5 Å². The third kappa shape index (κ3) is 6.22. The Balaban J connectivity index is 1.29. The number of ketones is 1. The molecule has 1 unspecified atom stereocenters. The van der Waals surface area contributed by atoms with Crippen molar-refractivity contribution in [3.63, 3.8) is 0 Å². The number of pyridine rings is 1. The van der Waals surface area contributed by atoms with Crippen molar-refractivity contribution < 1.29 is 22.7 Å². The number of anilines is 1. The summed E-state index contributed by atoms with van der Waals surface area (Å²) in [6, 6.07) is 6.76. The Kier molecular flexibility index (Phi) is 8.36. The Morgan fingerprint density at radius 2 is 2.00 bits per heavy atom. The van der Waals surface area contributed by atoms with Crippen LogP contribution in [0.2, 0.25) is 5.02 Å². The van der Waals surface area contributed by atoms with E-state index in [1.807, 2.05) is 29.3 Å². The number of piperidine rings is 1. The van der Waals surface area contributed by atoms with Crippen LogP contribution in [0, 0.1) is 11.8 Å². The lowest BCUT2D eigenvalue weighted by molar-refractivity contribution is -0.137. The highest BCUT2D eigenvalue weighted by Gasteiger charge is 2.32. The molecule has 4 rings (SSSR count). The molecule has 5 nitrogen and oxygen atoms in total. The van der Waals surface area contributed by atoms with Crippen LogP contribution in [0.3, 0.4) is 0 Å². The molecule has 0 bridgehead atoms. The number of alkyl halides is 3. The summed E-state index contributed by atoms with van der Waals surface area (Å²) >= 11 is 6.13. The van der Waals surface area contributed by atoms with Crippen LogP contribution in [0.15, 0.2) is 36.7 Å². The Labute approximate surface area is 220 Å². The fraction of sp³-hybridized carbons (Fsp3) is 0.500. The number of methoxy groups -OCH3 is 1. The van der Waals surface area contributed by atoms with Gasteiger partial charge >= 0.3 is 6.18 Å². The van der Waals surface area contributed by atoms with Crippen molar-refractivity contribution in [2.24, 2.45) is 11.8 Å². The average Bonchev–Trinajstić information content (AvgIpc) is 3.23. The van der Waals surface area contributed by atoms with Gasteiger partial charge in [-0.3, -0.25) is 4.79 Å². The molecule has 0 N–H and O–H groups in total. The summed E-state index contributed by atoms with van der Waals surface area (Å²) in [5.41, 5.74) is 0.856. The second kappa shape index (κ2) is 11.3. The van der Waals surface area contributed by atoms with Crippen molar-refractivity contribution in [1.82, 2.24) is 9.55 Å². The van der Waals surface area contributed by atoms with Crippen molar-refractivity contribution in [3.8, 4) is 5.75 Å². The molecule has 1 atom stereocenters. The lowest BCUT2D eigenvalue weighted by Crippen LogP contribution is -2.34. The SMILES string of the molecule is COc1cccc2c(C(C)=O)cn(CC(C)CCCC3CCN(c4ncc(C(F)(F)F)cc4Cl)CC3)c12. The first-order valence-electron chi connectivity index (χ1n) is 12.7. The van der Waals surface area contributed by atoms with Gasteiger partial charge in [-0.05, 0) is 50.2 Å². The molecule has 1 fully saturated rings. The summed E-state index contributed by atoms with van der Waals surface area (Å²) in [4.78, 5) is 18.2. The van der Waals surface area contributed by atoms with Crippen molar-refractivity contribution in [2.45, 2.75) is 58.7 Å². The van der Waals surface area contributed by atoms with Crippen LogP contribution in [0.1, 0.15) is 61.9 Å². The number of carbonyl (C=O) groups excluding carboxylic acids is 1. The number of nitrogens with zero attached hydrogens (tertiary/aromatic N) is 3. The molecule has 37 heavy (non-hydrogen) atoms. The summed E-state index contributed by atoms with van der Waals surface area (Å²) in [5, 5.41) is 0.970. The number of Topliss-reactive ketones (excluding diaryl/α,β-unsaturated/α-hetero) is 1. The van der Waals surface area contributed by atoms with E-state index >= 15 is 0 Å². The summed E-state index contributed by atoms with van der Waals surface area (Å²) in [7, 11) is 1.65. The summed E-state index contributed by atoms with van der Waals surface area (Å²) in [6.45, 7) is 6.10. The van der Waals surface area contributed by atoms with Crippen LogP contribution in [-0.2, 0) is 12.7 Å². The Morgan fingerprint density at radius 1 is 1.27 bits per heavy atom. The summed E-state index contributed by atoms with van der Waals surface area (Å²) in [5.74, 6) is 2.25. The van der Waals surface area contributed by atoms with Crippen LogP contribution in [0.4, 0.5) is 19.0 Å². The van der Waals surface area contributed by atoms with Gasteiger partial charge in [-0.2, -0.15) is 13.2 Å². The number of ether oxygens (including phenoxy) is 1. The van der Waals surface area contributed by atoms with Gasteiger partial charge in [0, 0.05) is 43.0 Å². The molecule has 0 radical (unpaired) electrons. The van der Waals surface area contributed by atoms with Crippen molar-refractivity contribution in [3.05, 3.63) is 52.8 Å². The zero-order valence-electron chi connectivity index (χ0n) is 21.4. The monoisotopic (exact) mass is 535 g/mol. The molecule has 1 aliphatic heterocycles. The number of rotatable bonds is 9. The third-order valence-electron chi connectivity index (χ3n) is 7.34. The largest absolute Gasteiger partial charge is 0.495 e. The zero-order valence-corrected chi connectivity index (χ0v) is 22.2. The van der Waals surface area contributed by atoms with E-state index in [2.05, 4.69) is 16.5 Å². The van der Waals surface area contributed by atoms with Gasteiger partial charge in [-0.25, -0.2) is 4.98 Å². The first-order chi connectivity index (χ1) is 17.6. The predicted molar refractivity (Wildman–Crippen MR) is 141 cm³/mol. The molecule has 3 heterocycles. The molecular weight excluding hydrogens is 503 g/mol. The Bertz CT molecular complexity index is 1250. The molecule has 1 aromatic carbocycles. The Hall–Kier alpha value is -2.74. The molecule has 0 amide bonds. The average molecular weight is 536 g/mol. The molecular formula is C28H33ClF3N3O2. The molecule has 2 aromatic heterocycles. The fourth-order valence-electron chi connectivity index (χ4n) is 5.35. The highest BCUT2D eigenvalue weighted by molar-refractivity contribution is 6.33. The van der Waals surface area contributed by atoms with Crippen molar-refractivity contribution in [2.75, 3.05) is 25.1 Å². The van der Waals surface area contributed by atoms with Crippen molar-refractivity contribution >= 4 is 34.1 Å². The van der Waals surface area contributed by atoms with E-state index in [1.165, 1.54) is 0 Å². The second-order valence-corrected chi connectivity index (χ2v) is 10.5. The lowest BCUT2D eigenvalue weighted by atomic mass is 9.90. The van der Waals surface area contributed by atoms with E-state index in [1.54, 1.807) is 14.0 Å². The number of hydrogen-bond acceptors (Lipinski definition) is 4. The first kappa shape index (κ1) is 27.3. The van der Waals surface area contributed by atoms with E-state index in [9.17, 15) is 18.0 Å². The van der Waals surface area contributed by atoms with Crippen LogP contribution in [0.5, 0.6) is 5.75 Å². The fourth-order valence-corrected chi connectivity index (χ4v) is 5.63. The van der Waals surface area contributed by atoms with Crippen LogP contribution >= 0.6 is 11.6 Å². The molecule has 200 valence electrons. The summed E-state index contributed by atoms with van der Waals surface area (Å²) in [6.07, 6.45) is 3.57. The van der Waals surface area contributed by atoms with Gasteiger partial charge in [-0.1, -0.05) is 43.5 Å². The molecule has 0 aliphatic carbocycles. The van der Waals surface area contributed by atoms with Gasteiger partial charge in [0.05, 0.1) is 23.2 Å². The number of carbonyl (C=O) groups is 1. The quantitative estimate of drug-likeness (QED) is 0.264. The highest BCUT2D eigenvalue weighted by atomic mass is 35.5. The topological polar surface area (TPSA) is 47.4 Å². The van der Waals surface area contributed by atoms with Crippen molar-refractivity contribution in [1.29, 1.82) is 0 Å². The number of para-hydroxylation sites is 1. The maximum absolute atomic E-state index is 12.9. The molecule has 3 aromatic rings. The maximum atomic E-state index is 12.9. The third-order valence-corrected chi connectivity index (χ3v) is 7.62. The van der Waals surface area contributed by atoms with E-state index in [0.29, 0.717) is 17.7 Å². The molecule has 0 spiro atoms.